The first-order valence-corrected chi connectivity index (χ1v) is 10.3. The van der Waals surface area contributed by atoms with E-state index in [1.54, 1.807) is 13.3 Å². The second kappa shape index (κ2) is 10.1. The zero-order chi connectivity index (χ0) is 21.5. The number of benzene rings is 2. The zero-order valence-corrected chi connectivity index (χ0v) is 17.9. The van der Waals surface area contributed by atoms with Gasteiger partial charge in [-0.25, -0.2) is 4.68 Å². The molecular weight excluding hydrogens is 414 g/mol. The molecule has 2 heterocycles. The van der Waals surface area contributed by atoms with Crippen molar-refractivity contribution in [2.24, 2.45) is 5.10 Å². The number of methoxy groups -OCH3 is 1. The van der Waals surface area contributed by atoms with Crippen LogP contribution in [0.1, 0.15) is 5.56 Å². The molecule has 0 aliphatic carbocycles. The largest absolute Gasteiger partial charge is 0.486 e. The third-order valence-electron chi connectivity index (χ3n) is 4.54. The summed E-state index contributed by atoms with van der Waals surface area (Å²) < 4.78 is 18.2. The molecule has 9 heteroatoms. The predicted octanol–water partition coefficient (Wildman–Crippen LogP) is 2.75. The molecule has 0 atom stereocenters. The van der Waals surface area contributed by atoms with Gasteiger partial charge in [0.15, 0.2) is 16.6 Å². The summed E-state index contributed by atoms with van der Waals surface area (Å²) in [5, 5.41) is 12.5. The highest BCUT2D eigenvalue weighted by Crippen LogP contribution is 2.35. The highest BCUT2D eigenvalue weighted by atomic mass is 32.1. The fourth-order valence-electron chi connectivity index (χ4n) is 3.08. The van der Waals surface area contributed by atoms with E-state index < -0.39 is 0 Å². The Bertz CT molecular complexity index is 1070. The van der Waals surface area contributed by atoms with Crippen molar-refractivity contribution in [3.8, 4) is 28.4 Å². The highest BCUT2D eigenvalue weighted by Gasteiger charge is 2.16. The molecule has 1 aliphatic rings. The average Bonchev–Trinajstić information content (AvgIpc) is 3.24. The molecule has 4 rings (SSSR count). The molecule has 0 amide bonds. The number of hydrogen-bond donors (Lipinski definition) is 2. The van der Waals surface area contributed by atoms with E-state index in [2.05, 4.69) is 15.8 Å². The minimum Gasteiger partial charge on any atom is -0.486 e. The number of aromatic nitrogens is 2. The summed E-state index contributed by atoms with van der Waals surface area (Å²) in [5.74, 6) is 1.45. The average molecular weight is 438 g/mol. The van der Waals surface area contributed by atoms with Crippen LogP contribution in [0.2, 0.25) is 0 Å². The van der Waals surface area contributed by atoms with Crippen LogP contribution in [-0.2, 0) is 4.74 Å². The number of ether oxygens (including phenoxy) is 3. The highest BCUT2D eigenvalue weighted by molar-refractivity contribution is 7.80. The molecule has 0 unspecified atom stereocenters. The quantitative estimate of drug-likeness (QED) is 0.255. The van der Waals surface area contributed by atoms with E-state index >= 15 is 0 Å². The lowest BCUT2D eigenvalue weighted by Gasteiger charge is -2.18. The summed E-state index contributed by atoms with van der Waals surface area (Å²) >= 11 is 5.21. The van der Waals surface area contributed by atoms with Gasteiger partial charge < -0.3 is 19.5 Å². The minimum atomic E-state index is 0.421. The molecule has 2 aromatic carbocycles. The molecule has 160 valence electrons. The van der Waals surface area contributed by atoms with E-state index in [1.807, 2.05) is 59.4 Å². The molecule has 2 N–H and O–H groups in total. The first kappa shape index (κ1) is 20.8. The molecule has 0 saturated carbocycles. The fraction of sp³-hybridized carbons (Fsp3) is 0.227. The van der Waals surface area contributed by atoms with E-state index in [0.717, 1.165) is 28.3 Å². The second-order valence-corrected chi connectivity index (χ2v) is 7.10. The Hall–Kier alpha value is -3.43. The van der Waals surface area contributed by atoms with Crippen LogP contribution < -0.4 is 20.2 Å². The first-order valence-electron chi connectivity index (χ1n) is 9.85. The van der Waals surface area contributed by atoms with E-state index in [9.17, 15) is 0 Å². The third-order valence-corrected chi connectivity index (χ3v) is 4.78. The van der Waals surface area contributed by atoms with E-state index in [1.165, 1.54) is 0 Å². The van der Waals surface area contributed by atoms with Crippen molar-refractivity contribution < 1.29 is 14.2 Å². The van der Waals surface area contributed by atoms with Gasteiger partial charge in [-0.2, -0.15) is 10.2 Å². The van der Waals surface area contributed by atoms with E-state index in [4.69, 9.17) is 31.5 Å². The van der Waals surface area contributed by atoms with Crippen LogP contribution in [0, 0.1) is 0 Å². The topological polar surface area (TPSA) is 81.9 Å². The molecule has 0 radical (unpaired) electrons. The Morgan fingerprint density at radius 3 is 2.81 bits per heavy atom. The van der Waals surface area contributed by atoms with Gasteiger partial charge >= 0.3 is 0 Å². The second-order valence-electron chi connectivity index (χ2n) is 6.69. The van der Waals surface area contributed by atoms with Gasteiger partial charge in [-0.15, -0.1) is 0 Å². The zero-order valence-electron chi connectivity index (χ0n) is 17.1. The van der Waals surface area contributed by atoms with Crippen molar-refractivity contribution in [3.63, 3.8) is 0 Å². The molecule has 0 saturated heterocycles. The maximum absolute atomic E-state index is 5.74. The Balaban J connectivity index is 1.61. The minimum absolute atomic E-state index is 0.421. The number of nitrogens with zero attached hydrogens (tertiary/aromatic N) is 3. The van der Waals surface area contributed by atoms with Crippen LogP contribution in [0.15, 0.2) is 59.8 Å². The monoisotopic (exact) mass is 437 g/mol. The molecule has 1 aromatic heterocycles. The lowest BCUT2D eigenvalue weighted by atomic mass is 10.1. The molecule has 3 aromatic rings. The standard InChI is InChI=1S/C22H23N5O3S/c1-28-10-9-23-22(31)25-24-14-17-15-27(18-5-3-2-4-6-18)26-21(17)16-7-8-19-20(13-16)30-12-11-29-19/h2-8,13-15H,9-12H2,1H3,(H2,23,25,31). The van der Waals surface area contributed by atoms with E-state index in [-0.39, 0.29) is 0 Å². The predicted molar refractivity (Wildman–Crippen MR) is 123 cm³/mol. The third kappa shape index (κ3) is 5.19. The Labute approximate surface area is 185 Å². The van der Waals surface area contributed by atoms with Crippen molar-refractivity contribution in [2.45, 2.75) is 0 Å². The smallest absolute Gasteiger partial charge is 0.187 e. The van der Waals surface area contributed by atoms with Gasteiger partial charge in [0.1, 0.15) is 18.9 Å². The molecule has 0 spiro atoms. The van der Waals surface area contributed by atoms with Gasteiger partial charge in [0.2, 0.25) is 0 Å². The normalized spacial score (nSPS) is 12.7. The van der Waals surface area contributed by atoms with Gasteiger partial charge in [-0.1, -0.05) is 18.2 Å². The maximum Gasteiger partial charge on any atom is 0.187 e. The molecule has 0 fully saturated rings. The SMILES string of the molecule is COCCNC(=S)NN=Cc1cn(-c2ccccc2)nc1-c1ccc2c(c1)OCCO2. The van der Waals surface area contributed by atoms with Crippen molar-refractivity contribution in [2.75, 3.05) is 33.5 Å². The van der Waals surface area contributed by atoms with Crippen LogP contribution >= 0.6 is 12.2 Å². The van der Waals surface area contributed by atoms with Crippen LogP contribution in [-0.4, -0.2) is 54.6 Å². The summed E-state index contributed by atoms with van der Waals surface area (Å²) in [6, 6.07) is 15.7. The number of nitrogens with one attached hydrogen (secondary N) is 2. The van der Waals surface area contributed by atoms with Gasteiger partial charge in [-0.3, -0.25) is 5.43 Å². The summed E-state index contributed by atoms with van der Waals surface area (Å²) in [5.41, 5.74) is 6.27. The number of fused-ring (bicyclic) bond motifs is 1. The molecular formula is C22H23N5O3S. The molecule has 1 aliphatic heterocycles. The van der Waals surface area contributed by atoms with Crippen molar-refractivity contribution in [3.05, 3.63) is 60.3 Å². The number of rotatable bonds is 7. The van der Waals surface area contributed by atoms with Gasteiger partial charge in [0, 0.05) is 31.0 Å². The number of para-hydroxylation sites is 1. The van der Waals surface area contributed by atoms with Crippen LogP contribution in [0.5, 0.6) is 11.5 Å². The van der Waals surface area contributed by atoms with Crippen LogP contribution in [0.4, 0.5) is 0 Å². The van der Waals surface area contributed by atoms with Crippen LogP contribution in [0.3, 0.4) is 0 Å². The fourth-order valence-corrected chi connectivity index (χ4v) is 3.23. The summed E-state index contributed by atoms with van der Waals surface area (Å²) in [6.07, 6.45) is 3.62. The maximum atomic E-state index is 5.74. The van der Waals surface area contributed by atoms with Crippen molar-refractivity contribution in [1.82, 2.24) is 20.5 Å². The number of hydrazone groups is 1. The van der Waals surface area contributed by atoms with Crippen LogP contribution in [0.25, 0.3) is 16.9 Å². The lowest BCUT2D eigenvalue weighted by molar-refractivity contribution is 0.171. The summed E-state index contributed by atoms with van der Waals surface area (Å²) in [6.45, 7) is 2.24. The van der Waals surface area contributed by atoms with Gasteiger partial charge in [0.05, 0.1) is 18.5 Å². The Morgan fingerprint density at radius 2 is 2.00 bits per heavy atom. The van der Waals surface area contributed by atoms with Crippen molar-refractivity contribution in [1.29, 1.82) is 0 Å². The molecule has 8 nitrogen and oxygen atoms in total. The van der Waals surface area contributed by atoms with E-state index in [0.29, 0.717) is 37.2 Å². The summed E-state index contributed by atoms with van der Waals surface area (Å²) in [7, 11) is 1.64. The Kier molecular flexibility index (Phi) is 6.75. The lowest BCUT2D eigenvalue weighted by Crippen LogP contribution is -2.34. The molecule has 31 heavy (non-hydrogen) atoms. The molecule has 0 bridgehead atoms. The van der Waals surface area contributed by atoms with Gasteiger partial charge in [0.25, 0.3) is 0 Å². The van der Waals surface area contributed by atoms with Gasteiger partial charge in [-0.05, 0) is 42.5 Å². The van der Waals surface area contributed by atoms with Crippen molar-refractivity contribution >= 4 is 23.5 Å². The number of thiocarbonyl (C=S) groups is 1. The first-order chi connectivity index (χ1) is 15.2. The number of hydrogen-bond acceptors (Lipinski definition) is 6. The summed E-state index contributed by atoms with van der Waals surface area (Å²) in [4.78, 5) is 0. The Morgan fingerprint density at radius 1 is 1.19 bits per heavy atom.